The summed E-state index contributed by atoms with van der Waals surface area (Å²) >= 11 is 5.14. The molecule has 2 aromatic heterocycles. The van der Waals surface area contributed by atoms with E-state index in [0.717, 1.165) is 18.5 Å². The third-order valence-electron chi connectivity index (χ3n) is 3.23. The van der Waals surface area contributed by atoms with Crippen molar-refractivity contribution in [2.75, 3.05) is 5.32 Å². The molecule has 0 radical (unpaired) electrons. The van der Waals surface area contributed by atoms with E-state index in [1.807, 2.05) is 19.9 Å². The van der Waals surface area contributed by atoms with Crippen LogP contribution in [0.25, 0.3) is 0 Å². The maximum atomic E-state index is 12.3. The van der Waals surface area contributed by atoms with Crippen LogP contribution >= 0.6 is 27.3 Å². The van der Waals surface area contributed by atoms with Crippen LogP contribution in [-0.4, -0.2) is 9.78 Å². The minimum absolute atomic E-state index is 0.0478. The lowest BCUT2D eigenvalue weighted by Crippen LogP contribution is -2.26. The van der Waals surface area contributed by atoms with Gasteiger partial charge in [0.2, 0.25) is 0 Å². The van der Waals surface area contributed by atoms with Crippen LogP contribution in [-0.2, 0) is 0 Å². The highest BCUT2D eigenvalue weighted by atomic mass is 79.9. The van der Waals surface area contributed by atoms with Crippen molar-refractivity contribution in [3.8, 4) is 0 Å². The van der Waals surface area contributed by atoms with Crippen molar-refractivity contribution in [3.05, 3.63) is 43.4 Å². The molecular formula is C15H20BrN3OS. The molecule has 0 aliphatic carbocycles. The van der Waals surface area contributed by atoms with Gasteiger partial charge in [-0.3, -0.25) is 4.79 Å². The Bertz CT molecular complexity index is 637. The Morgan fingerprint density at radius 3 is 2.81 bits per heavy atom. The lowest BCUT2D eigenvalue weighted by atomic mass is 10.1. The van der Waals surface area contributed by atoms with E-state index >= 15 is 0 Å². The maximum absolute atomic E-state index is 12.3. The summed E-state index contributed by atoms with van der Waals surface area (Å²) in [5.41, 5.74) is 0.653. The molecule has 0 aliphatic heterocycles. The molecule has 2 heterocycles. The number of nitrogens with one attached hydrogen (secondary N) is 1. The zero-order valence-corrected chi connectivity index (χ0v) is 14.9. The molecule has 0 bridgehead atoms. The number of hydrogen-bond donors (Lipinski definition) is 1. The van der Waals surface area contributed by atoms with Gasteiger partial charge in [0.05, 0.1) is 24.0 Å². The Labute approximate surface area is 137 Å². The summed E-state index contributed by atoms with van der Waals surface area (Å²) in [5.74, 6) is 0. The van der Waals surface area contributed by atoms with Crippen LogP contribution in [0.3, 0.4) is 0 Å². The van der Waals surface area contributed by atoms with Crippen molar-refractivity contribution in [2.45, 2.75) is 45.7 Å². The molecule has 114 valence electrons. The van der Waals surface area contributed by atoms with Gasteiger partial charge in [0.1, 0.15) is 4.47 Å². The zero-order chi connectivity index (χ0) is 15.4. The summed E-state index contributed by atoms with van der Waals surface area (Å²) in [7, 11) is 0. The highest BCUT2D eigenvalue weighted by Gasteiger charge is 2.16. The van der Waals surface area contributed by atoms with Crippen molar-refractivity contribution in [3.63, 3.8) is 0 Å². The zero-order valence-electron chi connectivity index (χ0n) is 12.5. The lowest BCUT2D eigenvalue weighted by molar-refractivity contribution is 0.500. The Kier molecular flexibility index (Phi) is 5.58. The van der Waals surface area contributed by atoms with Crippen molar-refractivity contribution in [1.29, 1.82) is 0 Å². The van der Waals surface area contributed by atoms with Crippen LogP contribution in [0.1, 0.15) is 50.6 Å². The van der Waals surface area contributed by atoms with E-state index in [9.17, 15) is 4.79 Å². The molecule has 0 aromatic carbocycles. The molecule has 1 N–H and O–H groups in total. The van der Waals surface area contributed by atoms with Gasteiger partial charge in [0.15, 0.2) is 0 Å². The van der Waals surface area contributed by atoms with Crippen LogP contribution in [0.15, 0.2) is 33.0 Å². The van der Waals surface area contributed by atoms with Crippen molar-refractivity contribution >= 4 is 33.0 Å². The van der Waals surface area contributed by atoms with Crippen LogP contribution in [0, 0.1) is 0 Å². The molecule has 0 saturated heterocycles. The van der Waals surface area contributed by atoms with E-state index in [0.29, 0.717) is 4.47 Å². The second-order valence-electron chi connectivity index (χ2n) is 5.22. The van der Waals surface area contributed by atoms with E-state index in [1.54, 1.807) is 17.5 Å². The predicted molar refractivity (Wildman–Crippen MR) is 92.2 cm³/mol. The summed E-state index contributed by atoms with van der Waals surface area (Å²) in [6.45, 7) is 6.05. The second kappa shape index (κ2) is 7.22. The van der Waals surface area contributed by atoms with E-state index < -0.39 is 0 Å². The molecule has 0 spiro atoms. The van der Waals surface area contributed by atoms with Crippen LogP contribution in [0.4, 0.5) is 5.69 Å². The summed E-state index contributed by atoms with van der Waals surface area (Å²) in [6, 6.07) is 4.43. The van der Waals surface area contributed by atoms with Gasteiger partial charge in [-0.1, -0.05) is 19.4 Å². The Hall–Kier alpha value is -1.14. The minimum atomic E-state index is -0.101. The number of halogens is 1. The quantitative estimate of drug-likeness (QED) is 0.808. The van der Waals surface area contributed by atoms with Gasteiger partial charge < -0.3 is 5.32 Å². The number of rotatable bonds is 6. The molecule has 6 heteroatoms. The smallest absolute Gasteiger partial charge is 0.283 e. The summed E-state index contributed by atoms with van der Waals surface area (Å²) in [4.78, 5) is 13.5. The molecular weight excluding hydrogens is 350 g/mol. The fourth-order valence-corrected chi connectivity index (χ4v) is 3.38. The lowest BCUT2D eigenvalue weighted by Gasteiger charge is -2.19. The van der Waals surface area contributed by atoms with Crippen molar-refractivity contribution in [2.24, 2.45) is 0 Å². The topological polar surface area (TPSA) is 46.9 Å². The molecule has 4 nitrogen and oxygen atoms in total. The van der Waals surface area contributed by atoms with E-state index in [4.69, 9.17) is 0 Å². The van der Waals surface area contributed by atoms with E-state index in [1.165, 1.54) is 9.56 Å². The van der Waals surface area contributed by atoms with Gasteiger partial charge in [-0.15, -0.1) is 11.3 Å². The number of hydrogen-bond acceptors (Lipinski definition) is 4. The number of anilines is 1. The molecule has 1 unspecified atom stereocenters. The van der Waals surface area contributed by atoms with Gasteiger partial charge in [0, 0.05) is 4.88 Å². The van der Waals surface area contributed by atoms with Gasteiger partial charge in [-0.2, -0.15) is 5.10 Å². The Morgan fingerprint density at radius 1 is 1.48 bits per heavy atom. The van der Waals surface area contributed by atoms with Gasteiger partial charge in [-0.25, -0.2) is 4.68 Å². The molecule has 21 heavy (non-hydrogen) atoms. The molecule has 0 fully saturated rings. The van der Waals surface area contributed by atoms with Crippen LogP contribution < -0.4 is 10.9 Å². The standard InChI is InChI=1S/C15H20BrN3OS/c1-4-6-11(13-7-5-8-21-13)18-12-9-17-19(10(2)3)15(20)14(12)16/h5,7-11,18H,4,6H2,1-3H3. The second-order valence-corrected chi connectivity index (χ2v) is 6.99. The Morgan fingerprint density at radius 2 is 2.24 bits per heavy atom. The first-order valence-electron chi connectivity index (χ1n) is 7.11. The molecule has 0 amide bonds. The maximum Gasteiger partial charge on any atom is 0.283 e. The molecule has 2 rings (SSSR count). The average Bonchev–Trinajstić information content (AvgIpc) is 2.97. The third-order valence-corrected chi connectivity index (χ3v) is 4.98. The third kappa shape index (κ3) is 3.74. The fraction of sp³-hybridized carbons (Fsp3) is 0.467. The molecule has 1 atom stereocenters. The van der Waals surface area contributed by atoms with Crippen molar-refractivity contribution in [1.82, 2.24) is 9.78 Å². The minimum Gasteiger partial charge on any atom is -0.375 e. The normalized spacial score (nSPS) is 12.6. The molecule has 0 saturated carbocycles. The van der Waals surface area contributed by atoms with Crippen LogP contribution in [0.5, 0.6) is 0 Å². The Balaban J connectivity index is 2.30. The highest BCUT2D eigenvalue weighted by Crippen LogP contribution is 2.29. The monoisotopic (exact) mass is 369 g/mol. The van der Waals surface area contributed by atoms with Crippen LogP contribution in [0.2, 0.25) is 0 Å². The van der Waals surface area contributed by atoms with E-state index in [2.05, 4.69) is 44.7 Å². The van der Waals surface area contributed by atoms with E-state index in [-0.39, 0.29) is 17.6 Å². The fourth-order valence-electron chi connectivity index (χ4n) is 2.16. The predicted octanol–water partition coefficient (Wildman–Crippen LogP) is 4.60. The highest BCUT2D eigenvalue weighted by molar-refractivity contribution is 9.10. The number of nitrogens with zero attached hydrogens (tertiary/aromatic N) is 2. The molecule has 2 aromatic rings. The first-order valence-corrected chi connectivity index (χ1v) is 8.79. The number of thiophene rings is 1. The average molecular weight is 370 g/mol. The first kappa shape index (κ1) is 16.2. The summed E-state index contributed by atoms with van der Waals surface area (Å²) in [5, 5.41) is 9.77. The van der Waals surface area contributed by atoms with Gasteiger partial charge in [0.25, 0.3) is 5.56 Å². The summed E-state index contributed by atoms with van der Waals surface area (Å²) < 4.78 is 2.03. The SMILES string of the molecule is CCCC(Nc1cnn(C(C)C)c(=O)c1Br)c1cccs1. The number of aromatic nitrogens is 2. The first-order chi connectivity index (χ1) is 10.0. The summed E-state index contributed by atoms with van der Waals surface area (Å²) in [6.07, 6.45) is 3.81. The van der Waals surface area contributed by atoms with Gasteiger partial charge >= 0.3 is 0 Å². The van der Waals surface area contributed by atoms with Gasteiger partial charge in [-0.05, 0) is 47.6 Å². The largest absolute Gasteiger partial charge is 0.375 e. The molecule has 0 aliphatic rings. The van der Waals surface area contributed by atoms with Crippen molar-refractivity contribution < 1.29 is 0 Å².